The van der Waals surface area contributed by atoms with Gasteiger partial charge in [0.15, 0.2) is 0 Å². The largest absolute Gasteiger partial charge is 0.303 e. The lowest BCUT2D eigenvalue weighted by Gasteiger charge is -2.18. The van der Waals surface area contributed by atoms with Gasteiger partial charge in [0, 0.05) is 18.5 Å². The van der Waals surface area contributed by atoms with Gasteiger partial charge in [-0.1, -0.05) is 0 Å². The van der Waals surface area contributed by atoms with Crippen molar-refractivity contribution in [2.75, 3.05) is 13.1 Å². The van der Waals surface area contributed by atoms with Gasteiger partial charge in [-0.05, 0) is 26.8 Å². The fraction of sp³-hybridized carbons (Fsp3) is 0.875. The molecule has 0 radical (unpaired) electrons. The number of nitrogens with zero attached hydrogens (tertiary/aromatic N) is 1. The van der Waals surface area contributed by atoms with Crippen LogP contribution in [0.15, 0.2) is 0 Å². The first-order chi connectivity index (χ1) is 4.74. The Morgan fingerprint density at radius 3 is 2.60 bits per heavy atom. The molecule has 1 aliphatic rings. The summed E-state index contributed by atoms with van der Waals surface area (Å²) in [4.78, 5) is 12.7. The number of hydrogen-bond acceptors (Lipinski definition) is 2. The van der Waals surface area contributed by atoms with Crippen molar-refractivity contribution in [2.45, 2.75) is 26.3 Å². The van der Waals surface area contributed by atoms with E-state index in [1.807, 2.05) is 0 Å². The second-order valence-corrected chi connectivity index (χ2v) is 3.27. The van der Waals surface area contributed by atoms with E-state index in [2.05, 4.69) is 18.7 Å². The van der Waals surface area contributed by atoms with Crippen molar-refractivity contribution in [1.82, 2.24) is 4.90 Å². The molecule has 0 aromatic heterocycles. The molecule has 0 bridgehead atoms. The molecule has 0 N–H and O–H groups in total. The smallest absolute Gasteiger partial charge is 0.124 e. The minimum atomic E-state index is 0.308. The van der Waals surface area contributed by atoms with Gasteiger partial charge in [-0.15, -0.1) is 0 Å². The van der Waals surface area contributed by atoms with Crippen LogP contribution in [0.2, 0.25) is 0 Å². The Morgan fingerprint density at radius 1 is 1.60 bits per heavy atom. The van der Waals surface area contributed by atoms with Crippen LogP contribution < -0.4 is 0 Å². The highest BCUT2D eigenvalue weighted by atomic mass is 16.1. The standard InChI is InChI=1S/C8H15NO/c1-7(2)9-4-3-8(5-9)6-10/h6-8H,3-5H2,1-2H3/t8-/m1/s1. The molecule has 0 spiro atoms. The number of carbonyl (C=O) groups is 1. The lowest BCUT2D eigenvalue weighted by molar-refractivity contribution is -0.110. The Balaban J connectivity index is 2.35. The highest BCUT2D eigenvalue weighted by Crippen LogP contribution is 2.15. The first-order valence-electron chi connectivity index (χ1n) is 3.93. The van der Waals surface area contributed by atoms with Crippen molar-refractivity contribution in [2.24, 2.45) is 5.92 Å². The van der Waals surface area contributed by atoms with E-state index in [1.54, 1.807) is 0 Å². The molecule has 1 rings (SSSR count). The van der Waals surface area contributed by atoms with E-state index in [0.29, 0.717) is 12.0 Å². The maximum Gasteiger partial charge on any atom is 0.124 e. The third-order valence-corrected chi connectivity index (χ3v) is 2.18. The third kappa shape index (κ3) is 1.57. The van der Waals surface area contributed by atoms with Crippen LogP contribution in [-0.4, -0.2) is 30.3 Å². The highest BCUT2D eigenvalue weighted by Gasteiger charge is 2.22. The molecular weight excluding hydrogens is 126 g/mol. The number of likely N-dealkylation sites (tertiary alicyclic amines) is 1. The van der Waals surface area contributed by atoms with Gasteiger partial charge in [-0.25, -0.2) is 0 Å². The Labute approximate surface area is 62.2 Å². The topological polar surface area (TPSA) is 20.3 Å². The maximum absolute atomic E-state index is 10.3. The zero-order valence-electron chi connectivity index (χ0n) is 6.71. The molecule has 2 heteroatoms. The molecule has 1 heterocycles. The summed E-state index contributed by atoms with van der Waals surface area (Å²) in [5.74, 6) is 0.308. The molecular formula is C8H15NO. The van der Waals surface area contributed by atoms with Crippen LogP contribution in [0.25, 0.3) is 0 Å². The average molecular weight is 141 g/mol. The van der Waals surface area contributed by atoms with Crippen LogP contribution in [-0.2, 0) is 4.79 Å². The fourth-order valence-electron chi connectivity index (χ4n) is 1.40. The van der Waals surface area contributed by atoms with E-state index >= 15 is 0 Å². The van der Waals surface area contributed by atoms with E-state index in [9.17, 15) is 4.79 Å². The number of rotatable bonds is 2. The van der Waals surface area contributed by atoms with Crippen molar-refractivity contribution in [3.63, 3.8) is 0 Å². The summed E-state index contributed by atoms with van der Waals surface area (Å²) < 4.78 is 0. The number of aldehydes is 1. The van der Waals surface area contributed by atoms with Crippen molar-refractivity contribution < 1.29 is 4.79 Å². The molecule has 0 saturated carbocycles. The predicted octanol–water partition coefficient (Wildman–Crippen LogP) is 0.916. The molecule has 1 fully saturated rings. The summed E-state index contributed by atoms with van der Waals surface area (Å²) in [5.41, 5.74) is 0. The summed E-state index contributed by atoms with van der Waals surface area (Å²) in [6.45, 7) is 6.42. The first kappa shape index (κ1) is 7.73. The van der Waals surface area contributed by atoms with Crippen LogP contribution in [0, 0.1) is 5.92 Å². The normalized spacial score (nSPS) is 27.7. The first-order valence-corrected chi connectivity index (χ1v) is 3.93. The Bertz CT molecular complexity index is 122. The monoisotopic (exact) mass is 141 g/mol. The minimum Gasteiger partial charge on any atom is -0.303 e. The van der Waals surface area contributed by atoms with Gasteiger partial charge in [0.05, 0.1) is 0 Å². The summed E-state index contributed by atoms with van der Waals surface area (Å²) >= 11 is 0. The summed E-state index contributed by atoms with van der Waals surface area (Å²) in [5, 5.41) is 0. The lowest BCUT2D eigenvalue weighted by Crippen LogP contribution is -2.28. The Kier molecular flexibility index (Phi) is 2.44. The van der Waals surface area contributed by atoms with E-state index in [0.717, 1.165) is 25.8 Å². The minimum absolute atomic E-state index is 0.308. The molecule has 1 aliphatic heterocycles. The average Bonchev–Trinajstić information content (AvgIpc) is 2.34. The highest BCUT2D eigenvalue weighted by molar-refractivity contribution is 5.54. The van der Waals surface area contributed by atoms with Crippen LogP contribution in [0.5, 0.6) is 0 Å². The summed E-state index contributed by atoms with van der Waals surface area (Å²) in [6, 6.07) is 0.602. The molecule has 10 heavy (non-hydrogen) atoms. The van der Waals surface area contributed by atoms with Crippen molar-refractivity contribution in [3.8, 4) is 0 Å². The molecule has 0 unspecified atom stereocenters. The van der Waals surface area contributed by atoms with E-state index in [-0.39, 0.29) is 0 Å². The Morgan fingerprint density at radius 2 is 2.30 bits per heavy atom. The van der Waals surface area contributed by atoms with Gasteiger partial charge >= 0.3 is 0 Å². The summed E-state index contributed by atoms with van der Waals surface area (Å²) in [6.07, 6.45) is 2.14. The molecule has 1 saturated heterocycles. The molecule has 58 valence electrons. The molecule has 0 aromatic rings. The van der Waals surface area contributed by atoms with E-state index < -0.39 is 0 Å². The van der Waals surface area contributed by atoms with Gasteiger partial charge < -0.3 is 9.69 Å². The zero-order valence-corrected chi connectivity index (χ0v) is 6.71. The Hall–Kier alpha value is -0.370. The van der Waals surface area contributed by atoms with Gasteiger partial charge in [0.1, 0.15) is 6.29 Å². The van der Waals surface area contributed by atoms with Crippen LogP contribution in [0.3, 0.4) is 0 Å². The van der Waals surface area contributed by atoms with Crippen molar-refractivity contribution in [3.05, 3.63) is 0 Å². The third-order valence-electron chi connectivity index (χ3n) is 2.18. The quantitative estimate of drug-likeness (QED) is 0.533. The van der Waals surface area contributed by atoms with Gasteiger partial charge in [0.2, 0.25) is 0 Å². The van der Waals surface area contributed by atoms with Crippen LogP contribution in [0.4, 0.5) is 0 Å². The molecule has 0 aromatic carbocycles. The SMILES string of the molecule is CC(C)N1CC[C@@H](C=O)C1. The number of hydrogen-bond donors (Lipinski definition) is 0. The maximum atomic E-state index is 10.3. The van der Waals surface area contributed by atoms with Crippen molar-refractivity contribution >= 4 is 6.29 Å². The van der Waals surface area contributed by atoms with E-state index in [4.69, 9.17) is 0 Å². The lowest BCUT2D eigenvalue weighted by atomic mass is 10.1. The van der Waals surface area contributed by atoms with Gasteiger partial charge in [-0.3, -0.25) is 0 Å². The number of carbonyl (C=O) groups excluding carboxylic acids is 1. The summed E-state index contributed by atoms with van der Waals surface area (Å²) in [7, 11) is 0. The molecule has 2 nitrogen and oxygen atoms in total. The molecule has 0 aliphatic carbocycles. The zero-order chi connectivity index (χ0) is 7.56. The van der Waals surface area contributed by atoms with E-state index in [1.165, 1.54) is 0 Å². The van der Waals surface area contributed by atoms with Crippen molar-refractivity contribution in [1.29, 1.82) is 0 Å². The second kappa shape index (κ2) is 3.15. The van der Waals surface area contributed by atoms with Gasteiger partial charge in [-0.2, -0.15) is 0 Å². The molecule has 1 atom stereocenters. The fourth-order valence-corrected chi connectivity index (χ4v) is 1.40. The second-order valence-electron chi connectivity index (χ2n) is 3.27. The van der Waals surface area contributed by atoms with Gasteiger partial charge in [0.25, 0.3) is 0 Å². The van der Waals surface area contributed by atoms with Crippen LogP contribution >= 0.6 is 0 Å². The predicted molar refractivity (Wildman–Crippen MR) is 40.9 cm³/mol. The van der Waals surface area contributed by atoms with Crippen LogP contribution in [0.1, 0.15) is 20.3 Å². The molecule has 0 amide bonds.